The van der Waals surface area contributed by atoms with Crippen LogP contribution in [0.3, 0.4) is 0 Å². The first-order valence-electron chi connectivity index (χ1n) is 4.99. The van der Waals surface area contributed by atoms with Crippen LogP contribution in [0.2, 0.25) is 0 Å². The Bertz CT molecular complexity index is 275. The first kappa shape index (κ1) is 11.7. The number of rotatable bonds is 3. The highest BCUT2D eigenvalue weighted by atomic mass is 16.4. The minimum atomic E-state index is -1.16. The average Bonchev–Trinajstić information content (AvgIpc) is 2.18. The van der Waals surface area contributed by atoms with Crippen molar-refractivity contribution in [1.82, 2.24) is 5.32 Å². The maximum Gasteiger partial charge on any atom is 0.328 e. The van der Waals surface area contributed by atoms with Gasteiger partial charge in [0.15, 0.2) is 0 Å². The van der Waals surface area contributed by atoms with Gasteiger partial charge in [0.25, 0.3) is 0 Å². The number of carbonyl (C=O) groups excluding carboxylic acids is 1. The molecule has 5 nitrogen and oxygen atoms in total. The number of carboxylic acid groups (broad SMARTS) is 1. The predicted octanol–water partition coefficient (Wildman–Crippen LogP) is 0.0469. The highest BCUT2D eigenvalue weighted by molar-refractivity contribution is 5.94. The Hall–Kier alpha value is -1.36. The van der Waals surface area contributed by atoms with Crippen molar-refractivity contribution < 1.29 is 19.8 Å². The van der Waals surface area contributed by atoms with E-state index in [4.69, 9.17) is 5.11 Å². The number of aliphatic hydroxyl groups is 1. The van der Waals surface area contributed by atoms with Gasteiger partial charge in [-0.2, -0.15) is 0 Å². The molecule has 0 heterocycles. The summed E-state index contributed by atoms with van der Waals surface area (Å²) in [5, 5.41) is 20.4. The Balaban J connectivity index is 2.39. The van der Waals surface area contributed by atoms with Crippen molar-refractivity contribution in [3.05, 3.63) is 12.2 Å². The lowest BCUT2D eigenvalue weighted by molar-refractivity contribution is -0.131. The molecule has 15 heavy (non-hydrogen) atoms. The molecule has 1 fully saturated rings. The molecule has 84 valence electrons. The van der Waals surface area contributed by atoms with Crippen LogP contribution in [-0.2, 0) is 9.59 Å². The Morgan fingerprint density at radius 2 is 1.87 bits per heavy atom. The highest BCUT2D eigenvalue weighted by Gasteiger charge is 2.23. The van der Waals surface area contributed by atoms with E-state index in [0.717, 1.165) is 31.4 Å². The Labute approximate surface area is 87.8 Å². The zero-order valence-corrected chi connectivity index (χ0v) is 8.35. The molecule has 0 aromatic rings. The van der Waals surface area contributed by atoms with Crippen LogP contribution in [0.4, 0.5) is 0 Å². The normalized spacial score (nSPS) is 26.5. The van der Waals surface area contributed by atoms with Crippen LogP contribution in [0.15, 0.2) is 12.2 Å². The highest BCUT2D eigenvalue weighted by Crippen LogP contribution is 2.18. The molecule has 1 saturated carbocycles. The van der Waals surface area contributed by atoms with Gasteiger partial charge in [0, 0.05) is 12.2 Å². The fraction of sp³-hybridized carbons (Fsp3) is 0.600. The molecule has 0 radical (unpaired) electrons. The zero-order chi connectivity index (χ0) is 11.3. The van der Waals surface area contributed by atoms with Crippen LogP contribution in [0.25, 0.3) is 0 Å². The molecule has 0 aliphatic heterocycles. The number of carbonyl (C=O) groups is 2. The molecule has 3 N–H and O–H groups in total. The van der Waals surface area contributed by atoms with Crippen molar-refractivity contribution in [2.24, 2.45) is 0 Å². The van der Waals surface area contributed by atoms with E-state index in [1.54, 1.807) is 0 Å². The van der Waals surface area contributed by atoms with Crippen LogP contribution in [0, 0.1) is 0 Å². The lowest BCUT2D eigenvalue weighted by Gasteiger charge is -2.27. The van der Waals surface area contributed by atoms with E-state index in [-0.39, 0.29) is 6.04 Å². The van der Waals surface area contributed by atoms with Gasteiger partial charge in [-0.15, -0.1) is 0 Å². The van der Waals surface area contributed by atoms with Gasteiger partial charge in [-0.05, 0) is 12.8 Å². The van der Waals surface area contributed by atoms with Crippen molar-refractivity contribution in [2.45, 2.75) is 37.8 Å². The van der Waals surface area contributed by atoms with Crippen LogP contribution in [0.5, 0.6) is 0 Å². The minimum Gasteiger partial charge on any atom is -0.478 e. The third kappa shape index (κ3) is 4.12. The number of amides is 1. The van der Waals surface area contributed by atoms with Gasteiger partial charge in [0.2, 0.25) is 5.91 Å². The largest absolute Gasteiger partial charge is 0.478 e. The molecule has 2 atom stereocenters. The van der Waals surface area contributed by atoms with Crippen molar-refractivity contribution in [2.75, 3.05) is 0 Å². The fourth-order valence-corrected chi connectivity index (χ4v) is 1.66. The molecule has 5 heteroatoms. The van der Waals surface area contributed by atoms with Crippen LogP contribution < -0.4 is 5.32 Å². The van der Waals surface area contributed by atoms with Crippen molar-refractivity contribution in [3.8, 4) is 0 Å². The smallest absolute Gasteiger partial charge is 0.328 e. The zero-order valence-electron chi connectivity index (χ0n) is 8.35. The van der Waals surface area contributed by atoms with E-state index in [1.807, 2.05) is 0 Å². The molecule has 0 spiro atoms. The maximum atomic E-state index is 11.2. The summed E-state index contributed by atoms with van der Waals surface area (Å²) in [6.07, 6.45) is 4.61. The molecule has 0 saturated heterocycles. The molecule has 1 aliphatic rings. The number of aliphatic hydroxyl groups excluding tert-OH is 1. The summed E-state index contributed by atoms with van der Waals surface area (Å²) in [5.74, 6) is -1.63. The number of hydrogen-bond donors (Lipinski definition) is 3. The van der Waals surface area contributed by atoms with Crippen LogP contribution in [0.1, 0.15) is 25.7 Å². The Morgan fingerprint density at radius 3 is 2.47 bits per heavy atom. The molecule has 1 amide bonds. The number of aliphatic carboxylic acids is 1. The summed E-state index contributed by atoms with van der Waals surface area (Å²) in [4.78, 5) is 21.3. The molecule has 0 aromatic carbocycles. The predicted molar refractivity (Wildman–Crippen MR) is 53.2 cm³/mol. The number of hydrogen-bond acceptors (Lipinski definition) is 3. The monoisotopic (exact) mass is 213 g/mol. The van der Waals surface area contributed by atoms with E-state index in [1.165, 1.54) is 0 Å². The Morgan fingerprint density at radius 1 is 1.20 bits per heavy atom. The van der Waals surface area contributed by atoms with Gasteiger partial charge >= 0.3 is 5.97 Å². The van der Waals surface area contributed by atoms with E-state index in [0.29, 0.717) is 6.42 Å². The third-order valence-electron chi connectivity index (χ3n) is 2.43. The lowest BCUT2D eigenvalue weighted by atomic mass is 9.92. The summed E-state index contributed by atoms with van der Waals surface area (Å²) in [6.45, 7) is 0. The summed E-state index contributed by atoms with van der Waals surface area (Å²) in [7, 11) is 0. The molecular weight excluding hydrogens is 198 g/mol. The van der Waals surface area contributed by atoms with Gasteiger partial charge in [0.05, 0.1) is 12.1 Å². The van der Waals surface area contributed by atoms with E-state index in [2.05, 4.69) is 5.32 Å². The second-order valence-electron chi connectivity index (χ2n) is 3.64. The van der Waals surface area contributed by atoms with Gasteiger partial charge < -0.3 is 15.5 Å². The van der Waals surface area contributed by atoms with Gasteiger partial charge in [0.1, 0.15) is 0 Å². The lowest BCUT2D eigenvalue weighted by Crippen LogP contribution is -2.44. The second kappa shape index (κ2) is 5.50. The number of carboxylic acids is 1. The molecule has 0 unspecified atom stereocenters. The van der Waals surface area contributed by atoms with E-state index < -0.39 is 18.0 Å². The topological polar surface area (TPSA) is 86.6 Å². The summed E-state index contributed by atoms with van der Waals surface area (Å²) < 4.78 is 0. The SMILES string of the molecule is O=C(O)/C=C\C(=O)N[C@@H]1CCCC[C@H]1O. The van der Waals surface area contributed by atoms with E-state index in [9.17, 15) is 14.7 Å². The maximum absolute atomic E-state index is 11.2. The quantitative estimate of drug-likeness (QED) is 0.578. The molecule has 0 bridgehead atoms. The molecule has 0 aromatic heterocycles. The third-order valence-corrected chi connectivity index (χ3v) is 2.43. The van der Waals surface area contributed by atoms with Gasteiger partial charge in [-0.3, -0.25) is 4.79 Å². The molecule has 1 rings (SSSR count). The number of nitrogens with one attached hydrogen (secondary N) is 1. The summed E-state index contributed by atoms with van der Waals surface area (Å²) in [5.41, 5.74) is 0. The summed E-state index contributed by atoms with van der Waals surface area (Å²) >= 11 is 0. The standard InChI is InChI=1S/C10H15NO4/c12-8-4-2-1-3-7(8)11-9(13)5-6-10(14)15/h5-8,12H,1-4H2,(H,11,13)(H,14,15)/b6-5-/t7-,8-/m1/s1. The first-order valence-corrected chi connectivity index (χ1v) is 4.99. The second-order valence-corrected chi connectivity index (χ2v) is 3.64. The molecule has 1 aliphatic carbocycles. The minimum absolute atomic E-state index is 0.246. The van der Waals surface area contributed by atoms with Crippen molar-refractivity contribution >= 4 is 11.9 Å². The summed E-state index contributed by atoms with van der Waals surface area (Å²) in [6, 6.07) is -0.246. The van der Waals surface area contributed by atoms with Crippen molar-refractivity contribution in [1.29, 1.82) is 0 Å². The van der Waals surface area contributed by atoms with E-state index >= 15 is 0 Å². The molecular formula is C10H15NO4. The fourth-order valence-electron chi connectivity index (χ4n) is 1.66. The van der Waals surface area contributed by atoms with Gasteiger partial charge in [-0.25, -0.2) is 4.79 Å². The van der Waals surface area contributed by atoms with Gasteiger partial charge in [-0.1, -0.05) is 12.8 Å². The van der Waals surface area contributed by atoms with Crippen molar-refractivity contribution in [3.63, 3.8) is 0 Å². The van der Waals surface area contributed by atoms with Crippen LogP contribution >= 0.6 is 0 Å². The average molecular weight is 213 g/mol. The Kier molecular flexibility index (Phi) is 4.30. The first-order chi connectivity index (χ1) is 7.09. The van der Waals surface area contributed by atoms with Crippen LogP contribution in [-0.4, -0.2) is 34.2 Å².